The van der Waals surface area contributed by atoms with Crippen molar-refractivity contribution in [3.63, 3.8) is 0 Å². The third-order valence-electron chi connectivity index (χ3n) is 3.06. The van der Waals surface area contributed by atoms with E-state index in [0.29, 0.717) is 12.8 Å². The second-order valence-corrected chi connectivity index (χ2v) is 6.15. The van der Waals surface area contributed by atoms with Crippen LogP contribution in [0.4, 0.5) is 4.39 Å². The van der Waals surface area contributed by atoms with Crippen LogP contribution >= 0.6 is 0 Å². The van der Waals surface area contributed by atoms with Gasteiger partial charge in [0.25, 0.3) is 0 Å². The summed E-state index contributed by atoms with van der Waals surface area (Å²) in [5, 5.41) is 11.5. The summed E-state index contributed by atoms with van der Waals surface area (Å²) < 4.78 is 39.0. The predicted octanol–water partition coefficient (Wildman–Crippen LogP) is 0.725. The third-order valence-corrected chi connectivity index (χ3v) is 4.97. The van der Waals surface area contributed by atoms with E-state index in [2.05, 4.69) is 5.16 Å². The molecular formula is C11H14FN3O3S. The number of oxime groups is 1. The number of nitrogens with two attached hydrogens (primary N) is 1. The smallest absolute Gasteiger partial charge is 0.243 e. The van der Waals surface area contributed by atoms with E-state index < -0.39 is 21.9 Å². The molecule has 1 aromatic carbocycles. The Hall–Kier alpha value is -1.67. The Bertz CT molecular complexity index is 603. The van der Waals surface area contributed by atoms with Gasteiger partial charge in [0.1, 0.15) is 5.82 Å². The molecule has 1 aliphatic heterocycles. The quantitative estimate of drug-likeness (QED) is 0.370. The number of nitrogens with zero attached hydrogens (tertiary/aromatic N) is 2. The molecular weight excluding hydrogens is 273 g/mol. The van der Waals surface area contributed by atoms with Gasteiger partial charge >= 0.3 is 0 Å². The molecule has 1 saturated heterocycles. The number of benzene rings is 1. The van der Waals surface area contributed by atoms with Crippen molar-refractivity contribution in [2.45, 2.75) is 23.8 Å². The van der Waals surface area contributed by atoms with Gasteiger partial charge in [-0.3, -0.25) is 0 Å². The molecule has 6 nitrogen and oxygen atoms in total. The molecule has 0 saturated carbocycles. The van der Waals surface area contributed by atoms with Crippen molar-refractivity contribution < 1.29 is 18.0 Å². The van der Waals surface area contributed by atoms with Crippen LogP contribution in [0.25, 0.3) is 0 Å². The number of hydrogen-bond donors (Lipinski definition) is 2. The molecule has 1 atom stereocenters. The van der Waals surface area contributed by atoms with Crippen molar-refractivity contribution in [3.8, 4) is 0 Å². The normalized spacial score (nSPS) is 21.7. The summed E-state index contributed by atoms with van der Waals surface area (Å²) in [5.41, 5.74) is 5.49. The topological polar surface area (TPSA) is 96.0 Å². The minimum Gasteiger partial charge on any atom is -0.409 e. The molecule has 1 aliphatic rings. The van der Waals surface area contributed by atoms with Gasteiger partial charge in [-0.15, -0.1) is 0 Å². The molecule has 1 fully saturated rings. The van der Waals surface area contributed by atoms with Gasteiger partial charge in [0.15, 0.2) is 5.84 Å². The number of halogens is 1. The molecule has 2 rings (SSSR count). The van der Waals surface area contributed by atoms with Crippen LogP contribution in [0, 0.1) is 5.82 Å². The molecule has 0 spiro atoms. The van der Waals surface area contributed by atoms with Crippen molar-refractivity contribution in [2.75, 3.05) is 6.54 Å². The highest BCUT2D eigenvalue weighted by Gasteiger charge is 2.37. The van der Waals surface area contributed by atoms with Crippen LogP contribution < -0.4 is 5.73 Å². The average molecular weight is 287 g/mol. The fraction of sp³-hybridized carbons (Fsp3) is 0.364. The zero-order chi connectivity index (χ0) is 14.0. The Morgan fingerprint density at radius 1 is 1.53 bits per heavy atom. The first kappa shape index (κ1) is 13.8. The molecule has 19 heavy (non-hydrogen) atoms. The van der Waals surface area contributed by atoms with Crippen molar-refractivity contribution in [1.82, 2.24) is 4.31 Å². The maximum Gasteiger partial charge on any atom is 0.243 e. The Kier molecular flexibility index (Phi) is 3.72. The van der Waals surface area contributed by atoms with Crippen LogP contribution in [0.3, 0.4) is 0 Å². The van der Waals surface area contributed by atoms with Gasteiger partial charge in [-0.2, -0.15) is 4.31 Å². The first-order valence-corrected chi connectivity index (χ1v) is 7.15. The maximum atomic E-state index is 13.1. The summed E-state index contributed by atoms with van der Waals surface area (Å²) in [7, 11) is -3.84. The van der Waals surface area contributed by atoms with Crippen LogP contribution in [0.1, 0.15) is 12.8 Å². The Labute approximate surface area is 110 Å². The molecule has 0 bridgehead atoms. The van der Waals surface area contributed by atoms with E-state index in [1.165, 1.54) is 18.2 Å². The summed E-state index contributed by atoms with van der Waals surface area (Å²) in [4.78, 5) is -0.134. The fourth-order valence-electron chi connectivity index (χ4n) is 2.15. The van der Waals surface area contributed by atoms with E-state index >= 15 is 0 Å². The van der Waals surface area contributed by atoms with E-state index in [0.717, 1.165) is 10.4 Å². The molecule has 1 heterocycles. The van der Waals surface area contributed by atoms with Gasteiger partial charge in [-0.05, 0) is 31.0 Å². The minimum absolute atomic E-state index is 0.134. The van der Waals surface area contributed by atoms with E-state index in [-0.39, 0.29) is 17.3 Å². The van der Waals surface area contributed by atoms with Crippen LogP contribution in [-0.4, -0.2) is 36.4 Å². The number of rotatable bonds is 3. The number of sulfonamides is 1. The molecule has 3 N–H and O–H groups in total. The molecule has 0 amide bonds. The first-order valence-electron chi connectivity index (χ1n) is 5.71. The summed E-state index contributed by atoms with van der Waals surface area (Å²) >= 11 is 0. The van der Waals surface area contributed by atoms with Crippen LogP contribution in [0.5, 0.6) is 0 Å². The van der Waals surface area contributed by atoms with Crippen molar-refractivity contribution >= 4 is 15.9 Å². The van der Waals surface area contributed by atoms with E-state index in [9.17, 15) is 12.8 Å². The van der Waals surface area contributed by atoms with Crippen molar-refractivity contribution in [1.29, 1.82) is 0 Å². The number of amidine groups is 1. The maximum absolute atomic E-state index is 13.1. The zero-order valence-corrected chi connectivity index (χ0v) is 10.8. The van der Waals surface area contributed by atoms with Gasteiger partial charge in [0, 0.05) is 6.54 Å². The highest BCUT2D eigenvalue weighted by Crippen LogP contribution is 2.26. The van der Waals surface area contributed by atoms with Crippen LogP contribution in [0.15, 0.2) is 34.3 Å². The highest BCUT2D eigenvalue weighted by atomic mass is 32.2. The Morgan fingerprint density at radius 3 is 2.89 bits per heavy atom. The summed E-state index contributed by atoms with van der Waals surface area (Å²) in [5.74, 6) is -0.780. The Balaban J connectivity index is 2.39. The fourth-order valence-corrected chi connectivity index (χ4v) is 3.85. The largest absolute Gasteiger partial charge is 0.409 e. The SMILES string of the molecule is NC(=NO)C1CCCN1S(=O)(=O)c1cccc(F)c1. The number of hydrogen-bond acceptors (Lipinski definition) is 4. The molecule has 104 valence electrons. The van der Waals surface area contributed by atoms with Gasteiger partial charge < -0.3 is 10.9 Å². The highest BCUT2D eigenvalue weighted by molar-refractivity contribution is 7.89. The molecule has 1 aromatic rings. The molecule has 1 unspecified atom stereocenters. The lowest BCUT2D eigenvalue weighted by Gasteiger charge is -2.22. The summed E-state index contributed by atoms with van der Waals surface area (Å²) in [6.45, 7) is 0.264. The summed E-state index contributed by atoms with van der Waals surface area (Å²) in [6.07, 6.45) is 1.08. The minimum atomic E-state index is -3.84. The van der Waals surface area contributed by atoms with Crippen LogP contribution in [-0.2, 0) is 10.0 Å². The average Bonchev–Trinajstić information content (AvgIpc) is 2.87. The lowest BCUT2D eigenvalue weighted by Crippen LogP contribution is -2.43. The lowest BCUT2D eigenvalue weighted by molar-refractivity contribution is 0.311. The zero-order valence-electron chi connectivity index (χ0n) is 10.0. The molecule has 8 heteroatoms. The van der Waals surface area contributed by atoms with E-state index in [1.807, 2.05) is 0 Å². The molecule has 0 aliphatic carbocycles. The van der Waals surface area contributed by atoms with Gasteiger partial charge in [0.2, 0.25) is 10.0 Å². The van der Waals surface area contributed by atoms with Crippen LogP contribution in [0.2, 0.25) is 0 Å². The monoisotopic (exact) mass is 287 g/mol. The predicted molar refractivity (Wildman–Crippen MR) is 66.7 cm³/mol. The Morgan fingerprint density at radius 2 is 2.26 bits per heavy atom. The molecule has 0 aromatic heterocycles. The van der Waals surface area contributed by atoms with E-state index in [4.69, 9.17) is 10.9 Å². The molecule has 0 radical (unpaired) electrons. The summed E-state index contributed by atoms with van der Waals surface area (Å²) in [6, 6.07) is 4.09. The second-order valence-electron chi connectivity index (χ2n) is 4.26. The van der Waals surface area contributed by atoms with Crippen molar-refractivity contribution in [2.24, 2.45) is 10.9 Å². The van der Waals surface area contributed by atoms with Gasteiger partial charge in [-0.25, -0.2) is 12.8 Å². The van der Waals surface area contributed by atoms with E-state index in [1.54, 1.807) is 0 Å². The second kappa shape index (κ2) is 5.14. The third kappa shape index (κ3) is 2.54. The standard InChI is InChI=1S/C11H14FN3O3S/c12-8-3-1-4-9(7-8)19(17,18)15-6-2-5-10(15)11(13)14-16/h1,3-4,7,10,16H,2,5-6H2,(H2,13,14). The lowest BCUT2D eigenvalue weighted by atomic mass is 10.2. The van der Waals surface area contributed by atoms with Gasteiger partial charge in [0.05, 0.1) is 10.9 Å². The van der Waals surface area contributed by atoms with Crippen molar-refractivity contribution in [3.05, 3.63) is 30.1 Å². The van der Waals surface area contributed by atoms with Gasteiger partial charge in [-0.1, -0.05) is 11.2 Å². The first-order chi connectivity index (χ1) is 8.96.